The summed E-state index contributed by atoms with van der Waals surface area (Å²) in [6.07, 6.45) is 0. The summed E-state index contributed by atoms with van der Waals surface area (Å²) in [5, 5.41) is 2.78. The summed E-state index contributed by atoms with van der Waals surface area (Å²) >= 11 is 0. The molecule has 1 aromatic rings. The van der Waals surface area contributed by atoms with E-state index < -0.39 is 0 Å². The molecular formula is C13H20N3O+. The van der Waals surface area contributed by atoms with Gasteiger partial charge in [0.1, 0.15) is 0 Å². The number of nitrogens with zero attached hydrogens (tertiary/aromatic N) is 1. The fourth-order valence-corrected chi connectivity index (χ4v) is 2.11. The van der Waals surface area contributed by atoms with Gasteiger partial charge >= 0.3 is 0 Å². The van der Waals surface area contributed by atoms with Gasteiger partial charge < -0.3 is 15.1 Å². The quantitative estimate of drug-likeness (QED) is 0.754. The first kappa shape index (κ1) is 11.9. The minimum Gasteiger partial charge on any atom is -0.360 e. The molecule has 1 aliphatic heterocycles. The second-order valence-corrected chi connectivity index (χ2v) is 4.67. The summed E-state index contributed by atoms with van der Waals surface area (Å²) in [6.45, 7) is 6.11. The van der Waals surface area contributed by atoms with Crippen molar-refractivity contribution < 1.29 is 9.69 Å². The van der Waals surface area contributed by atoms with Crippen LogP contribution in [0.1, 0.15) is 6.92 Å². The molecule has 1 heterocycles. The minimum absolute atomic E-state index is 0.0269. The van der Waals surface area contributed by atoms with Gasteiger partial charge in [0, 0.05) is 18.3 Å². The van der Waals surface area contributed by atoms with Crippen LogP contribution in [0.25, 0.3) is 0 Å². The molecule has 0 aliphatic carbocycles. The monoisotopic (exact) mass is 234 g/mol. The second kappa shape index (κ2) is 5.19. The van der Waals surface area contributed by atoms with E-state index in [0.717, 1.165) is 18.8 Å². The molecule has 1 saturated heterocycles. The Kier molecular flexibility index (Phi) is 3.64. The summed E-state index contributed by atoms with van der Waals surface area (Å²) < 4.78 is 0. The van der Waals surface area contributed by atoms with E-state index in [4.69, 9.17) is 0 Å². The summed E-state index contributed by atoms with van der Waals surface area (Å²) in [5.41, 5.74) is 2.10. The van der Waals surface area contributed by atoms with Crippen molar-refractivity contribution in [3.63, 3.8) is 0 Å². The van der Waals surface area contributed by atoms with Gasteiger partial charge in [-0.1, -0.05) is 0 Å². The molecule has 4 nitrogen and oxygen atoms in total. The van der Waals surface area contributed by atoms with Crippen molar-refractivity contribution in [1.29, 1.82) is 0 Å². The Morgan fingerprint density at radius 2 is 1.82 bits per heavy atom. The van der Waals surface area contributed by atoms with E-state index in [1.165, 1.54) is 25.7 Å². The third kappa shape index (κ3) is 3.20. The second-order valence-electron chi connectivity index (χ2n) is 4.67. The van der Waals surface area contributed by atoms with Crippen molar-refractivity contribution in [3.8, 4) is 0 Å². The van der Waals surface area contributed by atoms with Gasteiger partial charge in [-0.25, -0.2) is 0 Å². The highest BCUT2D eigenvalue weighted by molar-refractivity contribution is 5.88. The number of piperazine rings is 1. The summed E-state index contributed by atoms with van der Waals surface area (Å²) in [5.74, 6) is -0.0269. The first-order valence-electron chi connectivity index (χ1n) is 6.09. The zero-order valence-electron chi connectivity index (χ0n) is 10.5. The molecule has 17 heavy (non-hydrogen) atoms. The third-order valence-electron chi connectivity index (χ3n) is 3.17. The van der Waals surface area contributed by atoms with Crippen molar-refractivity contribution in [2.24, 2.45) is 0 Å². The fourth-order valence-electron chi connectivity index (χ4n) is 2.11. The summed E-state index contributed by atoms with van der Waals surface area (Å²) in [6, 6.07) is 8.07. The number of carbonyl (C=O) groups excluding carboxylic acids is 1. The van der Waals surface area contributed by atoms with Crippen LogP contribution in [0.4, 0.5) is 11.4 Å². The van der Waals surface area contributed by atoms with Crippen LogP contribution in [-0.4, -0.2) is 39.1 Å². The fraction of sp³-hybridized carbons (Fsp3) is 0.462. The Balaban J connectivity index is 2.00. The van der Waals surface area contributed by atoms with E-state index in [9.17, 15) is 4.79 Å². The molecule has 1 aromatic carbocycles. The van der Waals surface area contributed by atoms with E-state index in [2.05, 4.69) is 29.4 Å². The molecule has 2 N–H and O–H groups in total. The maximum atomic E-state index is 10.9. The van der Waals surface area contributed by atoms with Gasteiger partial charge in [0.2, 0.25) is 5.91 Å². The van der Waals surface area contributed by atoms with Gasteiger partial charge in [-0.15, -0.1) is 0 Å². The lowest BCUT2D eigenvalue weighted by Crippen LogP contribution is -3.12. The highest BCUT2D eigenvalue weighted by atomic mass is 16.1. The van der Waals surface area contributed by atoms with Crippen molar-refractivity contribution in [3.05, 3.63) is 24.3 Å². The highest BCUT2D eigenvalue weighted by Crippen LogP contribution is 2.17. The van der Waals surface area contributed by atoms with Crippen molar-refractivity contribution in [2.75, 3.05) is 43.4 Å². The number of benzene rings is 1. The molecule has 1 amide bonds. The molecular weight excluding hydrogens is 214 g/mol. The van der Waals surface area contributed by atoms with Gasteiger partial charge in [0.05, 0.1) is 33.2 Å². The van der Waals surface area contributed by atoms with Gasteiger partial charge in [-0.3, -0.25) is 4.79 Å². The van der Waals surface area contributed by atoms with E-state index in [0.29, 0.717) is 0 Å². The Morgan fingerprint density at radius 1 is 1.24 bits per heavy atom. The zero-order valence-corrected chi connectivity index (χ0v) is 10.5. The maximum Gasteiger partial charge on any atom is 0.221 e. The summed E-state index contributed by atoms with van der Waals surface area (Å²) in [4.78, 5) is 14.9. The normalized spacial score (nSPS) is 16.9. The van der Waals surface area contributed by atoms with Crippen LogP contribution < -0.4 is 15.1 Å². The maximum absolute atomic E-state index is 10.9. The van der Waals surface area contributed by atoms with Crippen molar-refractivity contribution >= 4 is 17.3 Å². The molecule has 0 atom stereocenters. The van der Waals surface area contributed by atoms with Crippen LogP contribution >= 0.6 is 0 Å². The Hall–Kier alpha value is -1.55. The molecule has 1 fully saturated rings. The number of rotatable bonds is 2. The average molecular weight is 234 g/mol. The van der Waals surface area contributed by atoms with Crippen LogP contribution in [0.3, 0.4) is 0 Å². The van der Waals surface area contributed by atoms with Gasteiger partial charge in [0.15, 0.2) is 0 Å². The van der Waals surface area contributed by atoms with Crippen LogP contribution in [0, 0.1) is 0 Å². The van der Waals surface area contributed by atoms with Gasteiger partial charge in [0.25, 0.3) is 0 Å². The van der Waals surface area contributed by atoms with E-state index in [-0.39, 0.29) is 5.91 Å². The lowest BCUT2D eigenvalue weighted by atomic mass is 10.2. The lowest BCUT2D eigenvalue weighted by molar-refractivity contribution is -0.880. The number of nitrogens with one attached hydrogen (secondary N) is 2. The van der Waals surface area contributed by atoms with Crippen LogP contribution in [-0.2, 0) is 4.79 Å². The number of carbonyl (C=O) groups is 1. The number of quaternary nitrogens is 1. The Labute approximate surface area is 102 Å². The predicted molar refractivity (Wildman–Crippen MR) is 69.6 cm³/mol. The van der Waals surface area contributed by atoms with Crippen LogP contribution in [0.5, 0.6) is 0 Å². The molecule has 0 aromatic heterocycles. The SMILES string of the molecule is CC(=O)Nc1ccc(N2CC[NH+](C)CC2)cc1. The van der Waals surface area contributed by atoms with Crippen molar-refractivity contribution in [2.45, 2.75) is 6.92 Å². The van der Waals surface area contributed by atoms with E-state index in [1.54, 1.807) is 4.90 Å². The number of hydrogen-bond donors (Lipinski definition) is 2. The van der Waals surface area contributed by atoms with Crippen molar-refractivity contribution in [1.82, 2.24) is 0 Å². The van der Waals surface area contributed by atoms with Gasteiger partial charge in [-0.2, -0.15) is 0 Å². The molecule has 1 aliphatic rings. The third-order valence-corrected chi connectivity index (χ3v) is 3.17. The lowest BCUT2D eigenvalue weighted by Gasteiger charge is -2.31. The van der Waals surface area contributed by atoms with Crippen LogP contribution in [0.2, 0.25) is 0 Å². The molecule has 2 rings (SSSR count). The smallest absolute Gasteiger partial charge is 0.221 e. The first-order valence-corrected chi connectivity index (χ1v) is 6.09. The zero-order chi connectivity index (χ0) is 12.3. The van der Waals surface area contributed by atoms with E-state index >= 15 is 0 Å². The number of amides is 1. The molecule has 0 radical (unpaired) electrons. The standard InChI is InChI=1S/C13H19N3O/c1-11(17)14-12-3-5-13(6-4-12)16-9-7-15(2)8-10-16/h3-6H,7-10H2,1-2H3,(H,14,17)/p+1. The highest BCUT2D eigenvalue weighted by Gasteiger charge is 2.16. The van der Waals surface area contributed by atoms with E-state index in [1.807, 2.05) is 12.1 Å². The number of anilines is 2. The molecule has 92 valence electrons. The molecule has 0 unspecified atom stereocenters. The number of hydrogen-bond acceptors (Lipinski definition) is 2. The molecule has 0 saturated carbocycles. The molecule has 4 heteroatoms. The summed E-state index contributed by atoms with van der Waals surface area (Å²) in [7, 11) is 2.23. The Bertz CT molecular complexity index is 380. The van der Waals surface area contributed by atoms with Gasteiger partial charge in [-0.05, 0) is 24.3 Å². The first-order chi connectivity index (χ1) is 8.15. The molecule has 0 bridgehead atoms. The molecule has 0 spiro atoms. The average Bonchev–Trinajstić information content (AvgIpc) is 2.30. The topological polar surface area (TPSA) is 36.8 Å². The largest absolute Gasteiger partial charge is 0.360 e. The van der Waals surface area contributed by atoms with Crippen LogP contribution in [0.15, 0.2) is 24.3 Å². The Morgan fingerprint density at radius 3 is 2.35 bits per heavy atom. The predicted octanol–water partition coefficient (Wildman–Crippen LogP) is -0.0203. The minimum atomic E-state index is -0.0269. The number of likely N-dealkylation sites (N-methyl/N-ethyl adjacent to an activating group) is 1.